The Morgan fingerprint density at radius 2 is 1.75 bits per heavy atom. The summed E-state index contributed by atoms with van der Waals surface area (Å²) in [4.78, 5) is 69.1. The summed E-state index contributed by atoms with van der Waals surface area (Å²) >= 11 is 1.12. The first-order valence-corrected chi connectivity index (χ1v) is 19.9. The van der Waals surface area contributed by atoms with E-state index in [1.165, 1.54) is 28.4 Å². The molecule has 0 spiro atoms. The van der Waals surface area contributed by atoms with Crippen molar-refractivity contribution < 1.29 is 32.4 Å². The molecule has 0 bridgehead atoms. The SMILES string of the molecule is C=CCNC(=O)C(=O)C(CCC)NC(=O)[C@@H]1[C@@H]2[C@H](CN1C(=O)[C@@H](NC(=O)N[C@H](CN(C)S(=O)(=O)c1cccs1)CC(C)(C)C)C(C)(C)C)C2(C)C. The number of rotatable bonds is 16. The molecule has 2 aliphatic rings. The number of amides is 5. The summed E-state index contributed by atoms with van der Waals surface area (Å²) in [5.74, 6) is -2.66. The minimum absolute atomic E-state index is 0.00905. The molecule has 286 valence electrons. The van der Waals surface area contributed by atoms with E-state index in [0.29, 0.717) is 19.4 Å². The van der Waals surface area contributed by atoms with Crippen LogP contribution in [0.4, 0.5) is 4.79 Å². The summed E-state index contributed by atoms with van der Waals surface area (Å²) in [7, 11) is -2.30. The van der Waals surface area contributed by atoms with Gasteiger partial charge < -0.3 is 26.2 Å². The Hall–Kier alpha value is -3.30. The van der Waals surface area contributed by atoms with Crippen molar-refractivity contribution in [3.8, 4) is 0 Å². The topological polar surface area (TPSA) is 174 Å². The second-order valence-corrected chi connectivity index (χ2v) is 19.9. The van der Waals surface area contributed by atoms with Crippen molar-refractivity contribution in [3.63, 3.8) is 0 Å². The van der Waals surface area contributed by atoms with Gasteiger partial charge in [0.1, 0.15) is 16.3 Å². The molecule has 1 aliphatic heterocycles. The zero-order valence-electron chi connectivity index (χ0n) is 31.8. The number of urea groups is 1. The molecule has 51 heavy (non-hydrogen) atoms. The predicted molar refractivity (Wildman–Crippen MR) is 198 cm³/mol. The van der Waals surface area contributed by atoms with Crippen LogP contribution in [0.5, 0.6) is 0 Å². The second kappa shape index (κ2) is 16.2. The van der Waals surface area contributed by atoms with Crippen LogP contribution in [0.2, 0.25) is 0 Å². The van der Waals surface area contributed by atoms with E-state index in [2.05, 4.69) is 27.8 Å². The van der Waals surface area contributed by atoms with E-state index in [-0.39, 0.29) is 46.4 Å². The van der Waals surface area contributed by atoms with E-state index in [9.17, 15) is 32.4 Å². The van der Waals surface area contributed by atoms with E-state index in [0.717, 1.165) is 11.3 Å². The van der Waals surface area contributed by atoms with E-state index in [1.54, 1.807) is 11.4 Å². The number of ketones is 1. The van der Waals surface area contributed by atoms with Gasteiger partial charge in [0.2, 0.25) is 17.6 Å². The summed E-state index contributed by atoms with van der Waals surface area (Å²) in [6.07, 6.45) is 2.69. The molecule has 1 saturated carbocycles. The summed E-state index contributed by atoms with van der Waals surface area (Å²) in [6.45, 7) is 21.3. The van der Waals surface area contributed by atoms with Crippen molar-refractivity contribution in [3.05, 3.63) is 30.2 Å². The fourth-order valence-electron chi connectivity index (χ4n) is 7.08. The number of thiophene rings is 1. The molecule has 5 amide bonds. The fraction of sp³-hybridized carbons (Fsp3) is 0.694. The van der Waals surface area contributed by atoms with E-state index >= 15 is 0 Å². The van der Waals surface area contributed by atoms with Crippen molar-refractivity contribution in [1.29, 1.82) is 0 Å². The van der Waals surface area contributed by atoms with E-state index in [1.807, 2.05) is 62.3 Å². The van der Waals surface area contributed by atoms with Crippen molar-refractivity contribution in [2.24, 2.45) is 28.1 Å². The maximum absolute atomic E-state index is 14.4. The number of likely N-dealkylation sites (tertiary alicyclic amines) is 1. The fourth-order valence-corrected chi connectivity index (χ4v) is 9.50. The monoisotopic (exact) mass is 750 g/mol. The molecule has 1 saturated heterocycles. The zero-order valence-corrected chi connectivity index (χ0v) is 33.4. The molecule has 0 aromatic carbocycles. The largest absolute Gasteiger partial charge is 0.346 e. The number of hydrogen-bond donors (Lipinski definition) is 4. The van der Waals surface area contributed by atoms with Gasteiger partial charge in [-0.25, -0.2) is 13.2 Å². The first-order valence-electron chi connectivity index (χ1n) is 17.6. The molecule has 1 aromatic rings. The van der Waals surface area contributed by atoms with Gasteiger partial charge in [-0.1, -0.05) is 80.9 Å². The molecule has 1 aromatic heterocycles. The first kappa shape index (κ1) is 42.1. The number of nitrogens with zero attached hydrogens (tertiary/aromatic N) is 2. The van der Waals surface area contributed by atoms with Crippen molar-refractivity contribution in [2.45, 2.75) is 110 Å². The number of sulfonamides is 1. The molecular formula is C36H58N6O7S2. The van der Waals surface area contributed by atoms with Crippen LogP contribution in [-0.2, 0) is 29.2 Å². The Balaban J connectivity index is 1.83. The first-order chi connectivity index (χ1) is 23.5. The van der Waals surface area contributed by atoms with Gasteiger partial charge in [0, 0.05) is 32.7 Å². The number of hydrogen-bond acceptors (Lipinski definition) is 8. The standard InChI is InChI=1S/C36H58N6O7S2/c1-12-15-24(28(43)31(45)37-17-13-2)39-30(44)27-26-23(36(26,9)10)21-42(27)32(46)29(35(6,7)8)40-33(47)38-22(19-34(3,4)5)20-41(11)51(48,49)25-16-14-18-50-25/h13-14,16,18,22-24,26-27,29H,2,12,15,17,19-21H2,1,3-11H3,(H,37,45)(H,39,44)(H2,38,40,47)/t22-,23-,24?,26-,27-,29+/m0/s1. The predicted octanol–water partition coefficient (Wildman–Crippen LogP) is 3.53. The molecule has 2 heterocycles. The molecule has 2 fully saturated rings. The van der Waals surface area contributed by atoms with Crippen LogP contribution < -0.4 is 21.3 Å². The highest BCUT2D eigenvalue weighted by atomic mass is 32.2. The van der Waals surface area contributed by atoms with Crippen LogP contribution in [0.25, 0.3) is 0 Å². The van der Waals surface area contributed by atoms with Crippen LogP contribution in [-0.4, -0.2) is 98.0 Å². The Morgan fingerprint density at radius 1 is 1.10 bits per heavy atom. The molecule has 15 heteroatoms. The van der Waals surface area contributed by atoms with Gasteiger partial charge in [-0.3, -0.25) is 19.2 Å². The highest BCUT2D eigenvalue weighted by Crippen LogP contribution is 2.65. The Labute approximate surface area is 307 Å². The maximum atomic E-state index is 14.4. The lowest BCUT2D eigenvalue weighted by Gasteiger charge is -2.38. The third-order valence-electron chi connectivity index (χ3n) is 9.82. The number of fused-ring (bicyclic) bond motifs is 1. The highest BCUT2D eigenvalue weighted by molar-refractivity contribution is 7.91. The summed E-state index contributed by atoms with van der Waals surface area (Å²) < 4.78 is 27.8. The average Bonchev–Trinajstić information content (AvgIpc) is 3.47. The molecule has 1 aliphatic carbocycles. The minimum Gasteiger partial charge on any atom is -0.346 e. The van der Waals surface area contributed by atoms with Gasteiger partial charge in [-0.2, -0.15) is 4.31 Å². The summed E-state index contributed by atoms with van der Waals surface area (Å²) in [5, 5.41) is 12.7. The lowest BCUT2D eigenvalue weighted by atomic mass is 9.85. The summed E-state index contributed by atoms with van der Waals surface area (Å²) in [6, 6.07) is -1.03. The number of nitrogens with one attached hydrogen (secondary N) is 4. The third kappa shape index (κ3) is 10.2. The number of carbonyl (C=O) groups excluding carboxylic acids is 5. The maximum Gasteiger partial charge on any atom is 0.315 e. The minimum atomic E-state index is -3.77. The smallest absolute Gasteiger partial charge is 0.315 e. The number of likely N-dealkylation sites (N-methyl/N-ethyl adjacent to an activating group) is 1. The van der Waals surface area contributed by atoms with Crippen LogP contribution >= 0.6 is 11.3 Å². The average molecular weight is 751 g/mol. The lowest BCUT2D eigenvalue weighted by molar-refractivity contribution is -0.145. The van der Waals surface area contributed by atoms with Gasteiger partial charge in [0.15, 0.2) is 0 Å². The van der Waals surface area contributed by atoms with E-state index < -0.39 is 69.1 Å². The van der Waals surface area contributed by atoms with Crippen LogP contribution in [0.1, 0.15) is 81.6 Å². The van der Waals surface area contributed by atoms with E-state index in [4.69, 9.17) is 0 Å². The van der Waals surface area contributed by atoms with Crippen molar-refractivity contribution >= 4 is 50.9 Å². The molecule has 3 rings (SSSR count). The van der Waals surface area contributed by atoms with Crippen molar-refractivity contribution in [1.82, 2.24) is 30.5 Å². The molecule has 4 N–H and O–H groups in total. The van der Waals surface area contributed by atoms with Crippen LogP contribution in [0, 0.1) is 28.1 Å². The van der Waals surface area contributed by atoms with Crippen LogP contribution in [0.15, 0.2) is 34.4 Å². The van der Waals surface area contributed by atoms with Crippen molar-refractivity contribution in [2.75, 3.05) is 26.7 Å². The van der Waals surface area contributed by atoms with Gasteiger partial charge in [0.05, 0.1) is 6.04 Å². The normalized spacial score (nSPS) is 21.5. The molecule has 1 unspecified atom stereocenters. The lowest BCUT2D eigenvalue weighted by Crippen LogP contribution is -2.62. The summed E-state index contributed by atoms with van der Waals surface area (Å²) in [5.41, 5.74) is -1.26. The van der Waals surface area contributed by atoms with Gasteiger partial charge in [0.25, 0.3) is 15.9 Å². The molecular weight excluding hydrogens is 693 g/mol. The third-order valence-corrected chi connectivity index (χ3v) is 13.0. The molecule has 0 radical (unpaired) electrons. The second-order valence-electron chi connectivity index (χ2n) is 16.7. The molecule has 6 atom stereocenters. The number of piperidine rings is 1. The number of carbonyl (C=O) groups is 5. The Morgan fingerprint density at radius 3 is 2.27 bits per heavy atom. The zero-order chi connectivity index (χ0) is 38.7. The number of Topliss-reactive ketones (excluding diaryl/α,β-unsaturated/α-hetero) is 1. The Kier molecular flexibility index (Phi) is 13.3. The van der Waals surface area contributed by atoms with Gasteiger partial charge >= 0.3 is 6.03 Å². The highest BCUT2D eigenvalue weighted by Gasteiger charge is 2.70. The Bertz CT molecular complexity index is 1560. The van der Waals surface area contributed by atoms with Gasteiger partial charge in [-0.15, -0.1) is 17.9 Å². The molecule has 13 nitrogen and oxygen atoms in total. The van der Waals surface area contributed by atoms with Crippen LogP contribution in [0.3, 0.4) is 0 Å². The van der Waals surface area contributed by atoms with Gasteiger partial charge in [-0.05, 0) is 52.4 Å². The quantitative estimate of drug-likeness (QED) is 0.148.